The average molecular weight is 609 g/mol. The highest BCUT2D eigenvalue weighted by molar-refractivity contribution is 5.75. The smallest absolute Gasteiger partial charge is 0.130 e. The summed E-state index contributed by atoms with van der Waals surface area (Å²) in [5.41, 5.74) is 0. The number of carbonyl (C=O) groups is 1. The molecule has 8 N–H and O–H groups in total. The Morgan fingerprint density at radius 2 is 0.705 bits per heavy atom. The van der Waals surface area contributed by atoms with Gasteiger partial charge in [-0.3, -0.25) is 42.5 Å². The van der Waals surface area contributed by atoms with Gasteiger partial charge in [0, 0.05) is 6.42 Å². The predicted octanol–water partition coefficient (Wildman–Crippen LogP) is 2.81. The molecule has 9 heteroatoms. The van der Waals surface area contributed by atoms with Crippen molar-refractivity contribution in [3.05, 3.63) is 0 Å². The lowest BCUT2D eigenvalue weighted by atomic mass is 9.69. The molecule has 0 spiro atoms. The van der Waals surface area contributed by atoms with Crippen LogP contribution in [0.25, 0.3) is 0 Å². The van der Waals surface area contributed by atoms with Gasteiger partial charge in [-0.1, -0.05) is 44.9 Å². The fraction of sp³-hybridized carbons (Fsp3) is 0.971. The summed E-state index contributed by atoms with van der Waals surface area (Å²) >= 11 is 0. The molecular formula is C35H60N8O. The lowest BCUT2D eigenvalue weighted by molar-refractivity contribution is -0.118. The van der Waals surface area contributed by atoms with Gasteiger partial charge in [0.25, 0.3) is 0 Å². The molecule has 9 fully saturated rings. The highest BCUT2D eigenvalue weighted by atomic mass is 16.1. The second-order valence-corrected chi connectivity index (χ2v) is 16.8. The topological polar surface area (TPSA) is 113 Å². The summed E-state index contributed by atoms with van der Waals surface area (Å²) in [7, 11) is 0. The van der Waals surface area contributed by atoms with Gasteiger partial charge in [-0.05, 0) is 112 Å². The molecule has 0 amide bonds. The monoisotopic (exact) mass is 608 g/mol. The number of carbonyl (C=O) groups excluding carboxylic acids is 1. The Balaban J connectivity index is 1.06. The molecule has 5 aliphatic heterocycles. The zero-order valence-electron chi connectivity index (χ0n) is 27.0. The molecule has 0 aromatic rings. The predicted molar refractivity (Wildman–Crippen MR) is 171 cm³/mol. The Labute approximate surface area is 265 Å². The normalized spacial score (nSPS) is 55.1. The van der Waals surface area contributed by atoms with E-state index in [1.165, 1.54) is 96.3 Å². The standard InChI is InChI=1S/C35H60N8O/c1-18(44)17-19-9-8-16-26-27(19)35-42-33-25-15-7-6-14-24(25)31(40-33)38-29-21-11-3-2-10-20(21)28(36-29)37-30-22-12-4-5-13-23(22)32(39-30)41-34(26)43-35/h19-43H,2-17H2,1H3. The molecule has 44 heavy (non-hydrogen) atoms. The van der Waals surface area contributed by atoms with E-state index in [0.717, 1.165) is 6.42 Å². The molecule has 5 saturated heterocycles. The Kier molecular flexibility index (Phi) is 8.11. The second-order valence-electron chi connectivity index (χ2n) is 16.8. The van der Waals surface area contributed by atoms with Gasteiger partial charge in [0.15, 0.2) is 0 Å². The van der Waals surface area contributed by atoms with E-state index >= 15 is 0 Å². The molecule has 9 rings (SSSR count). The van der Waals surface area contributed by atoms with Crippen molar-refractivity contribution in [3.63, 3.8) is 0 Å². The average Bonchev–Trinajstić information content (AvgIpc) is 3.77. The van der Waals surface area contributed by atoms with Gasteiger partial charge >= 0.3 is 0 Å². The Morgan fingerprint density at radius 3 is 1.05 bits per heavy atom. The molecule has 0 radical (unpaired) electrons. The maximum atomic E-state index is 12.5. The van der Waals surface area contributed by atoms with Gasteiger partial charge in [0.2, 0.25) is 0 Å². The van der Waals surface area contributed by atoms with Crippen LogP contribution in [0.15, 0.2) is 0 Å². The zero-order valence-corrected chi connectivity index (χ0v) is 27.0. The summed E-state index contributed by atoms with van der Waals surface area (Å²) in [5, 5.41) is 33.7. The third kappa shape index (κ3) is 5.15. The summed E-state index contributed by atoms with van der Waals surface area (Å²) < 4.78 is 0. The zero-order chi connectivity index (χ0) is 29.4. The van der Waals surface area contributed by atoms with Crippen LogP contribution in [0.4, 0.5) is 0 Å². The Hall–Kier alpha value is -0.650. The van der Waals surface area contributed by atoms with E-state index in [1.807, 2.05) is 6.92 Å². The summed E-state index contributed by atoms with van der Waals surface area (Å²) in [5.74, 6) is 6.03. The molecule has 5 heterocycles. The van der Waals surface area contributed by atoms with Crippen LogP contribution in [0.2, 0.25) is 0 Å². The molecule has 8 bridgehead atoms. The number of hydrogen-bond acceptors (Lipinski definition) is 9. The van der Waals surface area contributed by atoms with E-state index in [9.17, 15) is 4.79 Å². The van der Waals surface area contributed by atoms with Crippen LogP contribution in [0, 0.1) is 53.3 Å². The van der Waals surface area contributed by atoms with Crippen LogP contribution in [0.3, 0.4) is 0 Å². The lowest BCUT2D eigenvalue weighted by Gasteiger charge is -2.39. The van der Waals surface area contributed by atoms with Crippen molar-refractivity contribution in [2.45, 2.75) is 159 Å². The fourth-order valence-corrected chi connectivity index (χ4v) is 12.8. The minimum absolute atomic E-state index is 0.239. The second kappa shape index (κ2) is 12.1. The summed E-state index contributed by atoms with van der Waals surface area (Å²) in [4.78, 5) is 12.5. The first-order chi connectivity index (χ1) is 21.6. The molecule has 17 unspecified atom stereocenters. The van der Waals surface area contributed by atoms with Crippen LogP contribution < -0.4 is 42.5 Å². The van der Waals surface area contributed by atoms with Crippen molar-refractivity contribution in [1.82, 2.24) is 42.5 Å². The largest absolute Gasteiger partial charge is 0.300 e. The number of Topliss-reactive ketones (excluding diaryl/α,β-unsaturated/α-hetero) is 1. The van der Waals surface area contributed by atoms with E-state index in [-0.39, 0.29) is 12.3 Å². The summed E-state index contributed by atoms with van der Waals surface area (Å²) in [6.45, 7) is 1.81. The molecule has 17 atom stereocenters. The summed E-state index contributed by atoms with van der Waals surface area (Å²) in [6.07, 6.45) is 23.3. The van der Waals surface area contributed by atoms with Crippen molar-refractivity contribution in [2.75, 3.05) is 0 Å². The highest BCUT2D eigenvalue weighted by Gasteiger charge is 2.55. The van der Waals surface area contributed by atoms with Crippen LogP contribution in [-0.2, 0) is 4.79 Å². The van der Waals surface area contributed by atoms with E-state index in [0.29, 0.717) is 96.0 Å². The maximum absolute atomic E-state index is 12.5. The van der Waals surface area contributed by atoms with E-state index in [1.54, 1.807) is 0 Å². The number of ketones is 1. The first-order valence-electron chi connectivity index (χ1n) is 19.2. The highest BCUT2D eigenvalue weighted by Crippen LogP contribution is 2.47. The van der Waals surface area contributed by atoms with Crippen molar-refractivity contribution in [2.24, 2.45) is 53.3 Å². The van der Waals surface area contributed by atoms with Crippen molar-refractivity contribution in [3.8, 4) is 0 Å². The minimum Gasteiger partial charge on any atom is -0.300 e. The lowest BCUT2D eigenvalue weighted by Crippen LogP contribution is -2.61. The van der Waals surface area contributed by atoms with Crippen LogP contribution in [0.5, 0.6) is 0 Å². The van der Waals surface area contributed by atoms with Crippen molar-refractivity contribution >= 4 is 5.78 Å². The van der Waals surface area contributed by atoms with Gasteiger partial charge in [-0.25, -0.2) is 0 Å². The van der Waals surface area contributed by atoms with Gasteiger partial charge in [0.1, 0.15) is 5.78 Å². The SMILES string of the molecule is CC(=O)CC1CCCC2C3NC4NC(NC5NC(NC6NC(NC(N3)C12)C1CCCCC61)C1CCCCC51)C1CCCCC41. The molecule has 9 nitrogen and oxygen atoms in total. The molecule has 4 saturated carbocycles. The molecular weight excluding hydrogens is 548 g/mol. The van der Waals surface area contributed by atoms with Crippen molar-refractivity contribution in [1.29, 1.82) is 0 Å². The molecule has 4 aliphatic carbocycles. The van der Waals surface area contributed by atoms with E-state index < -0.39 is 0 Å². The van der Waals surface area contributed by atoms with Crippen LogP contribution in [0.1, 0.15) is 110 Å². The molecule has 246 valence electrons. The van der Waals surface area contributed by atoms with Crippen LogP contribution in [-0.4, -0.2) is 55.1 Å². The first kappa shape index (κ1) is 29.5. The van der Waals surface area contributed by atoms with Gasteiger partial charge in [-0.15, -0.1) is 0 Å². The number of rotatable bonds is 2. The maximum Gasteiger partial charge on any atom is 0.130 e. The Bertz CT molecular complexity index is 1060. The third-order valence-corrected chi connectivity index (χ3v) is 14.6. The van der Waals surface area contributed by atoms with Gasteiger partial charge in [0.05, 0.1) is 49.3 Å². The molecule has 9 aliphatic rings. The quantitative estimate of drug-likeness (QED) is 0.240. The number of nitrogens with one attached hydrogen (secondary N) is 8. The Morgan fingerprint density at radius 1 is 0.409 bits per heavy atom. The van der Waals surface area contributed by atoms with E-state index in [2.05, 4.69) is 42.5 Å². The van der Waals surface area contributed by atoms with Gasteiger partial charge in [-0.2, -0.15) is 0 Å². The third-order valence-electron chi connectivity index (χ3n) is 14.6. The summed E-state index contributed by atoms with van der Waals surface area (Å²) in [6, 6.07) is 0. The number of hydrogen-bond donors (Lipinski definition) is 8. The number of fused-ring (bicyclic) bond motifs is 20. The van der Waals surface area contributed by atoms with Gasteiger partial charge < -0.3 is 4.79 Å². The van der Waals surface area contributed by atoms with Crippen molar-refractivity contribution < 1.29 is 4.79 Å². The van der Waals surface area contributed by atoms with Crippen LogP contribution >= 0.6 is 0 Å². The first-order valence-corrected chi connectivity index (χ1v) is 19.2. The molecule has 0 aromatic heterocycles. The molecule has 0 aromatic carbocycles. The minimum atomic E-state index is 0.239. The van der Waals surface area contributed by atoms with E-state index in [4.69, 9.17) is 0 Å². The fourth-order valence-electron chi connectivity index (χ4n) is 12.8.